The summed E-state index contributed by atoms with van der Waals surface area (Å²) in [4.78, 5) is 55.5. The van der Waals surface area contributed by atoms with Gasteiger partial charge in [-0.1, -0.05) is 163 Å². The van der Waals surface area contributed by atoms with Crippen LogP contribution in [-0.4, -0.2) is 70.7 Å². The van der Waals surface area contributed by atoms with Gasteiger partial charge in [0.1, 0.15) is 0 Å². The maximum absolute atomic E-state index is 13.2. The second-order valence-electron chi connectivity index (χ2n) is 16.3. The van der Waals surface area contributed by atoms with E-state index in [2.05, 4.69) is 0 Å². The first-order valence-corrected chi connectivity index (χ1v) is 18.8. The van der Waals surface area contributed by atoms with Crippen LogP contribution in [0.4, 0.5) is 0 Å². The van der Waals surface area contributed by atoms with Gasteiger partial charge in [-0.25, -0.2) is 0 Å². The lowest BCUT2D eigenvalue weighted by atomic mass is 9.89. The van der Waals surface area contributed by atoms with Gasteiger partial charge in [0.05, 0.1) is 37.4 Å². The van der Waals surface area contributed by atoms with E-state index in [9.17, 15) is 19.2 Å². The predicted molar refractivity (Wildman–Crippen MR) is 210 cm³/mol. The molecule has 0 saturated carbocycles. The zero-order valence-corrected chi connectivity index (χ0v) is 32.8. The Hall–Kier alpha value is -4.92. The SMILES string of the molecule is C[C@H]1O[C@H]1C(=O)N(CC(=O)C(C)(C)C)C(c1ccccc1)c1ccccc1.C[C@H]1O[C@H]1C(=O)N(CC(=O)C(C)(C)C)C(c1ccccc1)c1ccccc1. The smallest absolute Gasteiger partial charge is 0.255 e. The minimum atomic E-state index is -0.521. The van der Waals surface area contributed by atoms with Crippen molar-refractivity contribution >= 4 is 23.4 Å². The molecule has 4 aromatic rings. The standard InChI is InChI=1S/2C23H27NO3/c2*1-16-21(27-16)22(26)24(15-19(25)23(2,3)4)20(17-11-7-5-8-12-17)18-13-9-6-10-14-18/h2*5-14,16,20-21H,15H2,1-4H3/t2*16-,21-/m11/s1. The van der Waals surface area contributed by atoms with Crippen molar-refractivity contribution in [1.29, 1.82) is 0 Å². The van der Waals surface area contributed by atoms with Gasteiger partial charge < -0.3 is 19.3 Å². The van der Waals surface area contributed by atoms with E-state index in [1.54, 1.807) is 9.80 Å². The zero-order valence-electron chi connectivity index (χ0n) is 32.8. The fraction of sp³-hybridized carbons (Fsp3) is 0.391. The number of rotatable bonds is 12. The van der Waals surface area contributed by atoms with Crippen LogP contribution in [0.25, 0.3) is 0 Å². The number of ether oxygens (including phenoxy) is 2. The Labute approximate surface area is 320 Å². The van der Waals surface area contributed by atoms with Crippen molar-refractivity contribution in [1.82, 2.24) is 9.80 Å². The Morgan fingerprint density at radius 1 is 0.481 bits per heavy atom. The summed E-state index contributed by atoms with van der Waals surface area (Å²) in [5, 5.41) is 0. The molecule has 0 radical (unpaired) electrons. The van der Waals surface area contributed by atoms with Crippen LogP contribution in [0.2, 0.25) is 0 Å². The van der Waals surface area contributed by atoms with Crippen molar-refractivity contribution < 1.29 is 28.7 Å². The summed E-state index contributed by atoms with van der Waals surface area (Å²) in [6, 6.07) is 38.7. The van der Waals surface area contributed by atoms with Crippen molar-refractivity contribution in [2.24, 2.45) is 10.8 Å². The van der Waals surface area contributed by atoms with Gasteiger partial charge in [-0.05, 0) is 36.1 Å². The first-order chi connectivity index (χ1) is 25.6. The number of nitrogens with zero attached hydrogens (tertiary/aromatic N) is 2. The maximum Gasteiger partial charge on any atom is 0.255 e. The number of carbonyl (C=O) groups excluding carboxylic acids is 4. The normalized spacial score (nSPS) is 19.0. The molecule has 284 valence electrons. The third-order valence-corrected chi connectivity index (χ3v) is 9.86. The predicted octanol–water partition coefficient (Wildman–Crippen LogP) is 8.01. The number of Topliss-reactive ketones (excluding diaryl/α,β-unsaturated/α-hetero) is 2. The monoisotopic (exact) mass is 730 g/mol. The molecule has 54 heavy (non-hydrogen) atoms. The third-order valence-electron chi connectivity index (χ3n) is 9.86. The fourth-order valence-corrected chi connectivity index (χ4v) is 6.24. The Morgan fingerprint density at radius 2 is 0.704 bits per heavy atom. The molecule has 6 rings (SSSR count). The van der Waals surface area contributed by atoms with Gasteiger partial charge in [0, 0.05) is 10.8 Å². The number of epoxide rings is 2. The van der Waals surface area contributed by atoms with Crippen LogP contribution < -0.4 is 0 Å². The topological polar surface area (TPSA) is 99.8 Å². The Bertz CT molecular complexity index is 1650. The molecule has 0 spiro atoms. The molecule has 2 saturated heterocycles. The number of carbonyl (C=O) groups is 4. The Kier molecular flexibility index (Phi) is 12.7. The highest BCUT2D eigenvalue weighted by atomic mass is 16.6. The lowest BCUT2D eigenvalue weighted by Crippen LogP contribution is -2.44. The largest absolute Gasteiger partial charge is 0.359 e. The maximum atomic E-state index is 13.2. The fourth-order valence-electron chi connectivity index (χ4n) is 6.24. The van der Waals surface area contributed by atoms with Gasteiger partial charge >= 0.3 is 0 Å². The highest BCUT2D eigenvalue weighted by Crippen LogP contribution is 2.35. The van der Waals surface area contributed by atoms with Crippen LogP contribution in [-0.2, 0) is 28.7 Å². The number of hydrogen-bond acceptors (Lipinski definition) is 6. The second kappa shape index (κ2) is 17.0. The molecule has 2 heterocycles. The molecule has 4 atom stereocenters. The number of hydrogen-bond donors (Lipinski definition) is 0. The van der Waals surface area contributed by atoms with Crippen LogP contribution >= 0.6 is 0 Å². The van der Waals surface area contributed by atoms with Gasteiger partial charge in [0.15, 0.2) is 23.8 Å². The molecule has 0 aromatic heterocycles. The van der Waals surface area contributed by atoms with Gasteiger partial charge in [0.2, 0.25) is 0 Å². The molecule has 2 amide bonds. The van der Waals surface area contributed by atoms with Gasteiger partial charge in [0.25, 0.3) is 11.8 Å². The quantitative estimate of drug-likeness (QED) is 0.137. The van der Waals surface area contributed by atoms with Crippen LogP contribution in [0.15, 0.2) is 121 Å². The van der Waals surface area contributed by atoms with E-state index in [1.165, 1.54) is 0 Å². The highest BCUT2D eigenvalue weighted by molar-refractivity contribution is 5.93. The van der Waals surface area contributed by atoms with Crippen molar-refractivity contribution in [3.63, 3.8) is 0 Å². The van der Waals surface area contributed by atoms with Crippen molar-refractivity contribution in [3.05, 3.63) is 144 Å². The van der Waals surface area contributed by atoms with E-state index in [4.69, 9.17) is 9.47 Å². The highest BCUT2D eigenvalue weighted by Gasteiger charge is 2.47. The zero-order chi connectivity index (χ0) is 39.2. The van der Waals surface area contributed by atoms with Crippen LogP contribution in [0.1, 0.15) is 89.7 Å². The Balaban J connectivity index is 0.000000208. The van der Waals surface area contributed by atoms with E-state index in [-0.39, 0.29) is 60.8 Å². The lowest BCUT2D eigenvalue weighted by molar-refractivity contribution is -0.140. The number of benzene rings is 4. The molecule has 2 aliphatic rings. The van der Waals surface area contributed by atoms with Gasteiger partial charge in [-0.2, -0.15) is 0 Å². The second-order valence-corrected chi connectivity index (χ2v) is 16.3. The lowest BCUT2D eigenvalue weighted by Gasteiger charge is -2.33. The summed E-state index contributed by atoms with van der Waals surface area (Å²) in [5.41, 5.74) is 2.87. The molecule has 0 bridgehead atoms. The molecule has 2 aliphatic heterocycles. The average Bonchev–Trinajstić information content (AvgIpc) is 4.08. The summed E-state index contributed by atoms with van der Waals surface area (Å²) in [6.07, 6.45) is -1.13. The van der Waals surface area contributed by atoms with Crippen molar-refractivity contribution in [3.8, 4) is 0 Å². The summed E-state index contributed by atoms with van der Waals surface area (Å²) in [5.74, 6) is -0.197. The van der Waals surface area contributed by atoms with Crippen LogP contribution in [0, 0.1) is 10.8 Å². The number of amides is 2. The van der Waals surface area contributed by atoms with E-state index in [1.807, 2.05) is 177 Å². The molecule has 0 unspecified atom stereocenters. The summed E-state index contributed by atoms with van der Waals surface area (Å²) in [6.45, 7) is 15.2. The van der Waals surface area contributed by atoms with E-state index in [0.717, 1.165) is 22.3 Å². The van der Waals surface area contributed by atoms with Crippen LogP contribution in [0.3, 0.4) is 0 Å². The summed E-state index contributed by atoms with van der Waals surface area (Å²) in [7, 11) is 0. The van der Waals surface area contributed by atoms with Gasteiger partial charge in [-0.3, -0.25) is 19.2 Å². The molecular formula is C46H54N2O6. The first kappa shape index (κ1) is 40.3. The molecule has 4 aromatic carbocycles. The summed E-state index contributed by atoms with van der Waals surface area (Å²) < 4.78 is 10.9. The van der Waals surface area contributed by atoms with E-state index < -0.39 is 23.0 Å². The molecule has 0 N–H and O–H groups in total. The molecule has 8 nitrogen and oxygen atoms in total. The van der Waals surface area contributed by atoms with Gasteiger partial charge in [-0.15, -0.1) is 0 Å². The van der Waals surface area contributed by atoms with E-state index >= 15 is 0 Å². The Morgan fingerprint density at radius 3 is 0.889 bits per heavy atom. The number of ketones is 2. The molecule has 8 heteroatoms. The van der Waals surface area contributed by atoms with Crippen LogP contribution in [0.5, 0.6) is 0 Å². The summed E-state index contributed by atoms with van der Waals surface area (Å²) >= 11 is 0. The third kappa shape index (κ3) is 10.2. The van der Waals surface area contributed by atoms with Crippen molar-refractivity contribution in [2.45, 2.75) is 91.9 Å². The molecular weight excluding hydrogens is 677 g/mol. The van der Waals surface area contributed by atoms with Crippen molar-refractivity contribution in [2.75, 3.05) is 13.1 Å². The average molecular weight is 731 g/mol. The molecule has 0 aliphatic carbocycles. The van der Waals surface area contributed by atoms with E-state index in [0.29, 0.717) is 0 Å². The molecule has 2 fully saturated rings. The minimum Gasteiger partial charge on any atom is -0.359 e. The minimum absolute atomic E-state index is 0.0287. The first-order valence-electron chi connectivity index (χ1n) is 18.8.